The number of rotatable bonds is 2. The molecule has 0 fully saturated rings. The second-order valence-corrected chi connectivity index (χ2v) is 4.83. The van der Waals surface area contributed by atoms with Crippen molar-refractivity contribution in [2.24, 2.45) is 0 Å². The van der Waals surface area contributed by atoms with Crippen LogP contribution in [0.1, 0.15) is 10.4 Å². The number of anilines is 1. The van der Waals surface area contributed by atoms with E-state index in [2.05, 4.69) is 5.32 Å². The molecule has 2 aromatic carbocycles. The van der Waals surface area contributed by atoms with Gasteiger partial charge in [0, 0.05) is 17.3 Å². The molecule has 0 unspecified atom stereocenters. The number of nitrogens with one attached hydrogen (secondary N) is 1. The molecule has 5 heteroatoms. The third-order valence-corrected chi connectivity index (χ3v) is 3.22. The SMILES string of the molecule is O=C(Nc1cccc(O)c1)c1ccc(I)c(O)c1. The van der Waals surface area contributed by atoms with E-state index in [1.54, 1.807) is 24.3 Å². The summed E-state index contributed by atoms with van der Waals surface area (Å²) in [6.45, 7) is 0. The van der Waals surface area contributed by atoms with Gasteiger partial charge in [0.05, 0.1) is 3.57 Å². The van der Waals surface area contributed by atoms with Gasteiger partial charge in [-0.25, -0.2) is 0 Å². The molecule has 0 heterocycles. The lowest BCUT2D eigenvalue weighted by molar-refractivity contribution is 0.102. The Kier molecular flexibility index (Phi) is 3.71. The average Bonchev–Trinajstić information content (AvgIpc) is 2.32. The van der Waals surface area contributed by atoms with Gasteiger partial charge >= 0.3 is 0 Å². The van der Waals surface area contributed by atoms with Crippen molar-refractivity contribution in [1.82, 2.24) is 0 Å². The van der Waals surface area contributed by atoms with Gasteiger partial charge in [-0.1, -0.05) is 6.07 Å². The largest absolute Gasteiger partial charge is 0.508 e. The van der Waals surface area contributed by atoms with E-state index in [4.69, 9.17) is 0 Å². The standard InChI is InChI=1S/C13H10INO3/c14-11-5-4-8(6-12(11)17)13(18)15-9-2-1-3-10(16)7-9/h1-7,16-17H,(H,15,18). The minimum atomic E-state index is -0.340. The molecular weight excluding hydrogens is 345 g/mol. The second-order valence-electron chi connectivity index (χ2n) is 3.67. The second kappa shape index (κ2) is 5.26. The van der Waals surface area contributed by atoms with Crippen molar-refractivity contribution in [3.8, 4) is 11.5 Å². The van der Waals surface area contributed by atoms with Gasteiger partial charge in [0.25, 0.3) is 5.91 Å². The number of phenols is 2. The van der Waals surface area contributed by atoms with Crippen molar-refractivity contribution >= 4 is 34.2 Å². The Hall–Kier alpha value is -1.76. The zero-order valence-corrected chi connectivity index (χ0v) is 11.4. The lowest BCUT2D eigenvalue weighted by atomic mass is 10.2. The highest BCUT2D eigenvalue weighted by Gasteiger charge is 2.08. The fraction of sp³-hybridized carbons (Fsp3) is 0. The Bertz CT molecular complexity index is 599. The highest BCUT2D eigenvalue weighted by Crippen LogP contribution is 2.22. The number of carbonyl (C=O) groups excluding carboxylic acids is 1. The van der Waals surface area contributed by atoms with E-state index in [1.165, 1.54) is 18.2 Å². The molecule has 0 saturated carbocycles. The van der Waals surface area contributed by atoms with E-state index in [-0.39, 0.29) is 17.4 Å². The van der Waals surface area contributed by atoms with Gasteiger partial charge in [-0.15, -0.1) is 0 Å². The number of aromatic hydroxyl groups is 2. The van der Waals surface area contributed by atoms with E-state index in [1.807, 2.05) is 22.6 Å². The van der Waals surface area contributed by atoms with Gasteiger partial charge in [0.1, 0.15) is 11.5 Å². The Morgan fingerprint density at radius 3 is 2.56 bits per heavy atom. The lowest BCUT2D eigenvalue weighted by Gasteiger charge is -2.06. The summed E-state index contributed by atoms with van der Waals surface area (Å²) in [4.78, 5) is 11.9. The summed E-state index contributed by atoms with van der Waals surface area (Å²) in [5.41, 5.74) is 0.856. The van der Waals surface area contributed by atoms with Crippen LogP contribution in [0, 0.1) is 3.57 Å². The summed E-state index contributed by atoms with van der Waals surface area (Å²) in [5, 5.41) is 21.4. The molecule has 0 aliphatic carbocycles. The topological polar surface area (TPSA) is 69.6 Å². The van der Waals surface area contributed by atoms with Crippen LogP contribution in [0.3, 0.4) is 0 Å². The first kappa shape index (κ1) is 12.7. The van der Waals surface area contributed by atoms with E-state index >= 15 is 0 Å². The van der Waals surface area contributed by atoms with Crippen molar-refractivity contribution in [2.45, 2.75) is 0 Å². The smallest absolute Gasteiger partial charge is 0.255 e. The summed E-state index contributed by atoms with van der Waals surface area (Å²) in [6, 6.07) is 11.0. The van der Waals surface area contributed by atoms with Crippen molar-refractivity contribution in [3.63, 3.8) is 0 Å². The number of hydrogen-bond acceptors (Lipinski definition) is 3. The molecule has 92 valence electrons. The van der Waals surface area contributed by atoms with E-state index in [0.29, 0.717) is 14.8 Å². The van der Waals surface area contributed by atoms with Crippen molar-refractivity contribution in [2.75, 3.05) is 5.32 Å². The fourth-order valence-electron chi connectivity index (χ4n) is 1.44. The number of carbonyl (C=O) groups is 1. The first-order valence-electron chi connectivity index (χ1n) is 5.15. The van der Waals surface area contributed by atoms with Gasteiger partial charge in [-0.3, -0.25) is 4.79 Å². The van der Waals surface area contributed by atoms with Crippen LogP contribution in [0.4, 0.5) is 5.69 Å². The molecule has 2 aromatic rings. The van der Waals surface area contributed by atoms with Crippen LogP contribution in [0.25, 0.3) is 0 Å². The van der Waals surface area contributed by atoms with Crippen LogP contribution in [0.15, 0.2) is 42.5 Å². The maximum atomic E-state index is 11.9. The molecule has 0 spiro atoms. The Morgan fingerprint density at radius 2 is 1.89 bits per heavy atom. The number of amides is 1. The van der Waals surface area contributed by atoms with E-state index < -0.39 is 0 Å². The van der Waals surface area contributed by atoms with Crippen molar-refractivity contribution in [1.29, 1.82) is 0 Å². The summed E-state index contributed by atoms with van der Waals surface area (Å²) in [6.07, 6.45) is 0. The summed E-state index contributed by atoms with van der Waals surface area (Å²) < 4.78 is 0.682. The highest BCUT2D eigenvalue weighted by molar-refractivity contribution is 14.1. The van der Waals surface area contributed by atoms with Crippen LogP contribution >= 0.6 is 22.6 Å². The third-order valence-electron chi connectivity index (χ3n) is 2.31. The molecule has 0 radical (unpaired) electrons. The van der Waals surface area contributed by atoms with Gasteiger partial charge in [0.2, 0.25) is 0 Å². The quantitative estimate of drug-likeness (QED) is 0.726. The molecule has 0 aromatic heterocycles. The maximum Gasteiger partial charge on any atom is 0.255 e. The first-order chi connectivity index (χ1) is 8.56. The fourth-order valence-corrected chi connectivity index (χ4v) is 1.78. The number of benzene rings is 2. The molecule has 0 saturated heterocycles. The van der Waals surface area contributed by atoms with Crippen molar-refractivity contribution in [3.05, 3.63) is 51.6 Å². The third kappa shape index (κ3) is 2.92. The predicted molar refractivity (Wildman–Crippen MR) is 76.9 cm³/mol. The van der Waals surface area contributed by atoms with E-state index in [0.717, 1.165) is 0 Å². The number of phenolic OH excluding ortho intramolecular Hbond substituents is 2. The Labute approximate surface area is 117 Å². The first-order valence-corrected chi connectivity index (χ1v) is 6.23. The summed E-state index contributed by atoms with van der Waals surface area (Å²) >= 11 is 1.98. The van der Waals surface area contributed by atoms with Crippen LogP contribution in [-0.4, -0.2) is 16.1 Å². The molecule has 2 rings (SSSR count). The van der Waals surface area contributed by atoms with Gasteiger partial charge in [-0.2, -0.15) is 0 Å². The minimum absolute atomic E-state index is 0.0687. The average molecular weight is 355 g/mol. The molecule has 3 N–H and O–H groups in total. The molecule has 4 nitrogen and oxygen atoms in total. The van der Waals surface area contributed by atoms with Crippen LogP contribution in [0.5, 0.6) is 11.5 Å². The van der Waals surface area contributed by atoms with Crippen LogP contribution < -0.4 is 5.32 Å². The maximum absolute atomic E-state index is 11.9. The molecular formula is C13H10INO3. The normalized spacial score (nSPS) is 10.1. The molecule has 0 aliphatic heterocycles. The highest BCUT2D eigenvalue weighted by atomic mass is 127. The van der Waals surface area contributed by atoms with Gasteiger partial charge in [0.15, 0.2) is 0 Å². The van der Waals surface area contributed by atoms with Gasteiger partial charge in [-0.05, 0) is 52.9 Å². The summed E-state index contributed by atoms with van der Waals surface area (Å²) in [7, 11) is 0. The zero-order valence-electron chi connectivity index (χ0n) is 9.22. The molecule has 1 amide bonds. The van der Waals surface area contributed by atoms with Crippen LogP contribution in [-0.2, 0) is 0 Å². The summed E-state index contributed by atoms with van der Waals surface area (Å²) in [5.74, 6) is -0.190. The minimum Gasteiger partial charge on any atom is -0.508 e. The Balaban J connectivity index is 2.19. The zero-order chi connectivity index (χ0) is 13.1. The monoisotopic (exact) mass is 355 g/mol. The van der Waals surface area contributed by atoms with Crippen molar-refractivity contribution < 1.29 is 15.0 Å². The molecule has 0 atom stereocenters. The molecule has 0 bridgehead atoms. The Morgan fingerprint density at radius 1 is 1.11 bits per heavy atom. The predicted octanol–water partition coefficient (Wildman–Crippen LogP) is 2.95. The number of hydrogen-bond donors (Lipinski definition) is 3. The molecule has 18 heavy (non-hydrogen) atoms. The molecule has 0 aliphatic rings. The number of halogens is 1. The van der Waals surface area contributed by atoms with Crippen LogP contribution in [0.2, 0.25) is 0 Å². The van der Waals surface area contributed by atoms with E-state index in [9.17, 15) is 15.0 Å². The lowest BCUT2D eigenvalue weighted by Crippen LogP contribution is -2.11. The van der Waals surface area contributed by atoms with Gasteiger partial charge < -0.3 is 15.5 Å².